The van der Waals surface area contributed by atoms with E-state index in [2.05, 4.69) is 0 Å². The Kier molecular flexibility index (Phi) is 1.95. The lowest BCUT2D eigenvalue weighted by molar-refractivity contribution is -0.149. The Morgan fingerprint density at radius 2 is 1.93 bits per heavy atom. The Labute approximate surface area is 88.0 Å². The Hall–Kier alpha value is -0.540. The van der Waals surface area contributed by atoms with Gasteiger partial charge in [0.25, 0.3) is 0 Å². The molecule has 1 saturated heterocycles. The number of Topliss-reactive ketones (excluding diaryl/α,β-unsaturated/α-hetero) is 1. The normalized spacial score (nSPS) is 41.9. The van der Waals surface area contributed by atoms with Gasteiger partial charge >= 0.3 is 0 Å². The summed E-state index contributed by atoms with van der Waals surface area (Å²) in [5.41, 5.74) is -1.26. The lowest BCUT2D eigenvalue weighted by Gasteiger charge is -2.35. The van der Waals surface area contributed by atoms with Crippen LogP contribution in [0.5, 0.6) is 0 Å². The van der Waals surface area contributed by atoms with Crippen LogP contribution >= 0.6 is 11.6 Å². The van der Waals surface area contributed by atoms with Crippen LogP contribution in [0.3, 0.4) is 0 Å². The number of rotatable bonds is 1. The van der Waals surface area contributed by atoms with E-state index in [1.54, 1.807) is 6.92 Å². The quantitative estimate of drug-likeness (QED) is 0.673. The molecule has 14 heavy (non-hydrogen) atoms. The van der Waals surface area contributed by atoms with Crippen molar-refractivity contribution < 1.29 is 14.3 Å². The minimum absolute atomic E-state index is 0.161. The van der Waals surface area contributed by atoms with Gasteiger partial charge in [-0.3, -0.25) is 4.79 Å². The molecule has 0 aromatic heterocycles. The molecule has 3 nitrogen and oxygen atoms in total. The lowest BCUT2D eigenvalue weighted by Crippen LogP contribution is -2.45. The van der Waals surface area contributed by atoms with Gasteiger partial charge in [0.15, 0.2) is 0 Å². The molecular formula is C10H13ClO3. The fourth-order valence-electron chi connectivity index (χ4n) is 2.27. The molecule has 0 aliphatic carbocycles. The van der Waals surface area contributed by atoms with Gasteiger partial charge in [0.2, 0.25) is 5.78 Å². The molecule has 2 bridgehead atoms. The summed E-state index contributed by atoms with van der Waals surface area (Å²) in [5.74, 6) is 0.310. The summed E-state index contributed by atoms with van der Waals surface area (Å²) >= 11 is 5.97. The molecule has 0 amide bonds. The van der Waals surface area contributed by atoms with Crippen LogP contribution < -0.4 is 0 Å². The third-order valence-corrected chi connectivity index (χ3v) is 3.44. The SMILES string of the molecule is COC1=C(Cl)C(=O)C2(C)CCC1(C)O2. The third kappa shape index (κ3) is 1.06. The zero-order valence-electron chi connectivity index (χ0n) is 8.52. The molecule has 2 rings (SSSR count). The maximum absolute atomic E-state index is 11.8. The first-order valence-electron chi connectivity index (χ1n) is 4.62. The van der Waals surface area contributed by atoms with E-state index in [0.29, 0.717) is 12.2 Å². The van der Waals surface area contributed by atoms with Crippen molar-refractivity contribution in [3.63, 3.8) is 0 Å². The van der Waals surface area contributed by atoms with Crippen molar-refractivity contribution in [2.75, 3.05) is 7.11 Å². The average molecular weight is 217 g/mol. The minimum atomic E-state index is -0.742. The van der Waals surface area contributed by atoms with Crippen LogP contribution in [-0.2, 0) is 14.3 Å². The topological polar surface area (TPSA) is 35.5 Å². The first kappa shape index (κ1) is 9.99. The van der Waals surface area contributed by atoms with Crippen LogP contribution in [0.2, 0.25) is 0 Å². The van der Waals surface area contributed by atoms with Crippen LogP contribution in [0, 0.1) is 0 Å². The molecule has 0 N–H and O–H groups in total. The smallest absolute Gasteiger partial charge is 0.209 e. The number of ether oxygens (including phenoxy) is 2. The molecule has 2 unspecified atom stereocenters. The third-order valence-electron chi connectivity index (χ3n) is 3.09. The molecule has 0 spiro atoms. The van der Waals surface area contributed by atoms with E-state index >= 15 is 0 Å². The second-order valence-corrected chi connectivity index (χ2v) is 4.62. The predicted molar refractivity (Wildman–Crippen MR) is 52.0 cm³/mol. The molecule has 0 saturated carbocycles. The number of carbonyl (C=O) groups is 1. The summed E-state index contributed by atoms with van der Waals surface area (Å²) < 4.78 is 10.9. The molecule has 0 radical (unpaired) electrons. The molecule has 0 aromatic rings. The van der Waals surface area contributed by atoms with E-state index in [9.17, 15) is 4.79 Å². The predicted octanol–water partition coefficient (Wildman–Crippen LogP) is 1.99. The molecule has 78 valence electrons. The zero-order valence-corrected chi connectivity index (χ0v) is 9.27. The van der Waals surface area contributed by atoms with Crippen LogP contribution in [-0.4, -0.2) is 24.1 Å². The van der Waals surface area contributed by atoms with Gasteiger partial charge in [0.05, 0.1) is 7.11 Å². The number of hydrogen-bond donors (Lipinski definition) is 0. The fraction of sp³-hybridized carbons (Fsp3) is 0.700. The Balaban J connectivity index is 2.56. The highest BCUT2D eigenvalue weighted by atomic mass is 35.5. The van der Waals surface area contributed by atoms with Gasteiger partial charge in [-0.15, -0.1) is 0 Å². The zero-order chi connectivity index (χ0) is 10.6. The van der Waals surface area contributed by atoms with Crippen molar-refractivity contribution >= 4 is 17.4 Å². The number of halogens is 1. The Bertz CT molecular complexity index is 336. The van der Waals surface area contributed by atoms with Crippen LogP contribution in [0.15, 0.2) is 10.8 Å². The summed E-state index contributed by atoms with van der Waals surface area (Å²) in [7, 11) is 1.51. The van der Waals surface area contributed by atoms with Crippen LogP contribution in [0.25, 0.3) is 0 Å². The van der Waals surface area contributed by atoms with Crippen molar-refractivity contribution in [3.05, 3.63) is 10.8 Å². The van der Waals surface area contributed by atoms with Gasteiger partial charge < -0.3 is 9.47 Å². The van der Waals surface area contributed by atoms with Crippen molar-refractivity contribution in [1.82, 2.24) is 0 Å². The molecule has 4 heteroatoms. The second kappa shape index (κ2) is 2.74. The number of fused-ring (bicyclic) bond motifs is 2. The van der Waals surface area contributed by atoms with E-state index < -0.39 is 11.2 Å². The summed E-state index contributed by atoms with van der Waals surface area (Å²) in [6.07, 6.45) is 1.47. The molecule has 0 aromatic carbocycles. The second-order valence-electron chi connectivity index (χ2n) is 4.24. The monoisotopic (exact) mass is 216 g/mol. The van der Waals surface area contributed by atoms with Crippen molar-refractivity contribution in [3.8, 4) is 0 Å². The highest BCUT2D eigenvalue weighted by Gasteiger charge is 2.57. The summed E-state index contributed by atoms with van der Waals surface area (Å²) in [6.45, 7) is 3.70. The molecule has 2 aliphatic heterocycles. The Morgan fingerprint density at radius 1 is 1.36 bits per heavy atom. The van der Waals surface area contributed by atoms with Gasteiger partial charge in [-0.1, -0.05) is 11.6 Å². The first-order chi connectivity index (χ1) is 6.43. The lowest BCUT2D eigenvalue weighted by atomic mass is 9.98. The standard InChI is InChI=1S/C10H13ClO3/c1-9-4-5-10(2,14-9)8(13-3)6(11)7(9)12/h4-5H2,1-3H3. The van der Waals surface area contributed by atoms with Crippen molar-refractivity contribution in [2.24, 2.45) is 0 Å². The average Bonchev–Trinajstić information content (AvgIpc) is 2.40. The molecule has 2 aliphatic rings. The van der Waals surface area contributed by atoms with Gasteiger partial charge in [-0.2, -0.15) is 0 Å². The number of carbonyl (C=O) groups excluding carboxylic acids is 1. The minimum Gasteiger partial charge on any atom is -0.496 e. The molecule has 2 heterocycles. The van der Waals surface area contributed by atoms with Gasteiger partial charge in [0, 0.05) is 0 Å². The number of ketones is 1. The molecular weight excluding hydrogens is 204 g/mol. The fourth-order valence-corrected chi connectivity index (χ4v) is 2.75. The van der Waals surface area contributed by atoms with E-state index in [0.717, 1.165) is 6.42 Å². The van der Waals surface area contributed by atoms with E-state index in [1.165, 1.54) is 7.11 Å². The van der Waals surface area contributed by atoms with Crippen molar-refractivity contribution in [2.45, 2.75) is 37.9 Å². The number of methoxy groups -OCH3 is 1. The number of hydrogen-bond acceptors (Lipinski definition) is 3. The van der Waals surface area contributed by atoms with Gasteiger partial charge in [0.1, 0.15) is 22.0 Å². The summed E-state index contributed by atoms with van der Waals surface area (Å²) in [6, 6.07) is 0. The first-order valence-corrected chi connectivity index (χ1v) is 5.00. The van der Waals surface area contributed by atoms with Crippen LogP contribution in [0.1, 0.15) is 26.7 Å². The maximum atomic E-state index is 11.8. The highest BCUT2D eigenvalue weighted by Crippen LogP contribution is 2.49. The van der Waals surface area contributed by atoms with E-state index in [-0.39, 0.29) is 10.8 Å². The molecule has 2 atom stereocenters. The Morgan fingerprint density at radius 3 is 2.50 bits per heavy atom. The largest absolute Gasteiger partial charge is 0.496 e. The van der Waals surface area contributed by atoms with E-state index in [4.69, 9.17) is 21.1 Å². The molecule has 1 fully saturated rings. The van der Waals surface area contributed by atoms with Crippen LogP contribution in [0.4, 0.5) is 0 Å². The summed E-state index contributed by atoms with van der Waals surface area (Å²) in [4.78, 5) is 11.8. The van der Waals surface area contributed by atoms with Crippen molar-refractivity contribution in [1.29, 1.82) is 0 Å². The van der Waals surface area contributed by atoms with Gasteiger partial charge in [-0.25, -0.2) is 0 Å². The highest BCUT2D eigenvalue weighted by molar-refractivity contribution is 6.44. The van der Waals surface area contributed by atoms with E-state index in [1.807, 2.05) is 6.92 Å². The maximum Gasteiger partial charge on any atom is 0.209 e. The van der Waals surface area contributed by atoms with Gasteiger partial charge in [-0.05, 0) is 26.7 Å². The summed E-state index contributed by atoms with van der Waals surface area (Å²) in [5, 5.41) is 0.196.